The minimum Gasteiger partial charge on any atom is -0.478 e. The van der Waals surface area contributed by atoms with Gasteiger partial charge in [0.05, 0.1) is 23.1 Å². The van der Waals surface area contributed by atoms with Crippen LogP contribution in [0.1, 0.15) is 15.9 Å². The summed E-state index contributed by atoms with van der Waals surface area (Å²) in [4.78, 5) is 15.5. The third-order valence-corrected chi connectivity index (χ3v) is 4.02. The Kier molecular flexibility index (Phi) is 3.66. The van der Waals surface area contributed by atoms with Gasteiger partial charge in [-0.1, -0.05) is 36.0 Å². The summed E-state index contributed by atoms with van der Waals surface area (Å²) in [5, 5.41) is 9.89. The van der Waals surface area contributed by atoms with E-state index in [2.05, 4.69) is 9.55 Å². The Bertz CT molecular complexity index is 794. The van der Waals surface area contributed by atoms with E-state index in [0.29, 0.717) is 12.1 Å². The van der Waals surface area contributed by atoms with Gasteiger partial charge in [0, 0.05) is 0 Å². The zero-order valence-corrected chi connectivity index (χ0v) is 12.3. The van der Waals surface area contributed by atoms with Crippen molar-refractivity contribution in [1.82, 2.24) is 9.55 Å². The van der Waals surface area contributed by atoms with E-state index < -0.39 is 5.97 Å². The second-order valence-electron chi connectivity index (χ2n) is 4.68. The predicted molar refractivity (Wildman–Crippen MR) is 84.0 cm³/mol. The van der Waals surface area contributed by atoms with E-state index in [1.54, 1.807) is 23.9 Å². The number of nitrogens with zero attached hydrogens (tertiary/aromatic N) is 2. The second kappa shape index (κ2) is 5.61. The van der Waals surface area contributed by atoms with Gasteiger partial charge in [-0.15, -0.1) is 0 Å². The van der Waals surface area contributed by atoms with Crippen LogP contribution in [-0.4, -0.2) is 26.9 Å². The van der Waals surface area contributed by atoms with Gasteiger partial charge in [-0.05, 0) is 36.1 Å². The summed E-state index contributed by atoms with van der Waals surface area (Å²) in [6.07, 6.45) is 2.01. The number of benzene rings is 2. The number of fused-ring (bicyclic) bond motifs is 1. The molecule has 0 radical (unpaired) electrons. The zero-order chi connectivity index (χ0) is 14.8. The average Bonchev–Trinajstić information content (AvgIpc) is 2.86. The molecular weight excluding hydrogens is 284 g/mol. The Morgan fingerprint density at radius 2 is 1.90 bits per heavy atom. The Morgan fingerprint density at radius 1 is 1.19 bits per heavy atom. The molecule has 21 heavy (non-hydrogen) atoms. The number of hydrogen-bond acceptors (Lipinski definition) is 3. The molecule has 0 aliphatic rings. The highest BCUT2D eigenvalue weighted by Gasteiger charge is 2.10. The van der Waals surface area contributed by atoms with Crippen molar-refractivity contribution in [2.45, 2.75) is 11.7 Å². The number of hydrogen-bond donors (Lipinski definition) is 1. The van der Waals surface area contributed by atoms with Crippen molar-refractivity contribution in [2.75, 3.05) is 6.26 Å². The molecule has 106 valence electrons. The fourth-order valence-corrected chi connectivity index (χ4v) is 2.87. The van der Waals surface area contributed by atoms with Crippen LogP contribution in [-0.2, 0) is 6.54 Å². The maximum absolute atomic E-state index is 10.9. The molecule has 0 saturated carbocycles. The van der Waals surface area contributed by atoms with E-state index in [-0.39, 0.29) is 0 Å². The van der Waals surface area contributed by atoms with Gasteiger partial charge in [0.1, 0.15) is 0 Å². The van der Waals surface area contributed by atoms with Crippen LogP contribution in [0, 0.1) is 0 Å². The second-order valence-corrected chi connectivity index (χ2v) is 5.45. The minimum absolute atomic E-state index is 0.305. The highest BCUT2D eigenvalue weighted by atomic mass is 32.2. The molecule has 0 aliphatic carbocycles. The predicted octanol–water partition coefficient (Wildman–Crippen LogP) is 3.50. The molecule has 1 aromatic heterocycles. The van der Waals surface area contributed by atoms with Gasteiger partial charge in [0.25, 0.3) is 0 Å². The third kappa shape index (κ3) is 2.64. The van der Waals surface area contributed by atoms with Crippen molar-refractivity contribution in [3.63, 3.8) is 0 Å². The molecule has 0 bridgehead atoms. The smallest absolute Gasteiger partial charge is 0.335 e. The monoisotopic (exact) mass is 298 g/mol. The van der Waals surface area contributed by atoms with Crippen LogP contribution in [0.2, 0.25) is 0 Å². The number of carbonyl (C=O) groups is 1. The van der Waals surface area contributed by atoms with Crippen LogP contribution >= 0.6 is 11.8 Å². The first-order valence-electron chi connectivity index (χ1n) is 6.50. The topological polar surface area (TPSA) is 55.1 Å². The number of thioether (sulfide) groups is 1. The summed E-state index contributed by atoms with van der Waals surface area (Å²) in [6.45, 7) is 0.677. The summed E-state index contributed by atoms with van der Waals surface area (Å²) < 4.78 is 2.15. The number of para-hydroxylation sites is 2. The van der Waals surface area contributed by atoms with E-state index in [1.807, 2.05) is 42.7 Å². The lowest BCUT2D eigenvalue weighted by Gasteiger charge is -2.08. The van der Waals surface area contributed by atoms with E-state index in [4.69, 9.17) is 5.11 Å². The molecule has 0 saturated heterocycles. The van der Waals surface area contributed by atoms with Crippen LogP contribution in [0.3, 0.4) is 0 Å². The summed E-state index contributed by atoms with van der Waals surface area (Å²) >= 11 is 1.61. The maximum atomic E-state index is 10.9. The highest BCUT2D eigenvalue weighted by molar-refractivity contribution is 7.98. The minimum atomic E-state index is -0.903. The fourth-order valence-electron chi connectivity index (χ4n) is 2.30. The average molecular weight is 298 g/mol. The summed E-state index contributed by atoms with van der Waals surface area (Å²) in [6, 6.07) is 15.0. The molecular formula is C16H14N2O2S. The van der Waals surface area contributed by atoms with Crippen LogP contribution in [0.15, 0.2) is 53.7 Å². The van der Waals surface area contributed by atoms with E-state index >= 15 is 0 Å². The van der Waals surface area contributed by atoms with Gasteiger partial charge >= 0.3 is 5.97 Å². The molecule has 0 atom stereocenters. The van der Waals surface area contributed by atoms with Crippen molar-refractivity contribution >= 4 is 28.8 Å². The van der Waals surface area contributed by atoms with Crippen molar-refractivity contribution < 1.29 is 9.90 Å². The molecule has 0 amide bonds. The van der Waals surface area contributed by atoms with Crippen LogP contribution < -0.4 is 0 Å². The summed E-state index contributed by atoms with van der Waals surface area (Å²) in [7, 11) is 0. The normalized spacial score (nSPS) is 10.9. The number of carboxylic acid groups (broad SMARTS) is 1. The van der Waals surface area contributed by atoms with Gasteiger partial charge in [0.2, 0.25) is 0 Å². The van der Waals surface area contributed by atoms with Crippen molar-refractivity contribution in [3.05, 3.63) is 59.7 Å². The molecule has 1 N–H and O–H groups in total. The van der Waals surface area contributed by atoms with Gasteiger partial charge in [-0.2, -0.15) is 0 Å². The number of imidazole rings is 1. The largest absolute Gasteiger partial charge is 0.478 e. The van der Waals surface area contributed by atoms with Crippen LogP contribution in [0.4, 0.5) is 0 Å². The Hall–Kier alpha value is -2.27. The number of aromatic carboxylic acids is 1. The van der Waals surface area contributed by atoms with E-state index in [9.17, 15) is 4.79 Å². The lowest BCUT2D eigenvalue weighted by Crippen LogP contribution is -2.02. The SMILES string of the molecule is CSc1nc2ccccc2n1Cc1ccc(C(=O)O)cc1. The zero-order valence-electron chi connectivity index (χ0n) is 11.5. The molecule has 3 rings (SSSR count). The number of rotatable bonds is 4. The molecule has 0 fully saturated rings. The highest BCUT2D eigenvalue weighted by Crippen LogP contribution is 2.23. The molecule has 2 aromatic carbocycles. The third-order valence-electron chi connectivity index (χ3n) is 3.34. The molecule has 1 heterocycles. The molecule has 0 unspecified atom stereocenters. The Morgan fingerprint density at radius 3 is 2.57 bits per heavy atom. The van der Waals surface area contributed by atoms with Gasteiger partial charge in [-0.3, -0.25) is 0 Å². The van der Waals surface area contributed by atoms with Crippen molar-refractivity contribution in [1.29, 1.82) is 0 Å². The number of aromatic nitrogens is 2. The molecule has 0 aliphatic heterocycles. The molecule has 3 aromatic rings. The molecule has 0 spiro atoms. The quantitative estimate of drug-likeness (QED) is 0.749. The van der Waals surface area contributed by atoms with Crippen molar-refractivity contribution in [3.8, 4) is 0 Å². The standard InChI is InChI=1S/C16H14N2O2S/c1-21-16-17-13-4-2-3-5-14(13)18(16)10-11-6-8-12(9-7-11)15(19)20/h2-9H,10H2,1H3,(H,19,20). The molecule has 5 heteroatoms. The van der Waals surface area contributed by atoms with Crippen LogP contribution in [0.25, 0.3) is 11.0 Å². The van der Waals surface area contributed by atoms with Gasteiger partial charge < -0.3 is 9.67 Å². The molecule has 4 nitrogen and oxygen atoms in total. The first-order valence-corrected chi connectivity index (χ1v) is 7.73. The Labute approximate surface area is 126 Å². The Balaban J connectivity index is 1.99. The van der Waals surface area contributed by atoms with Gasteiger partial charge in [0.15, 0.2) is 5.16 Å². The first-order chi connectivity index (χ1) is 10.2. The lowest BCUT2D eigenvalue weighted by atomic mass is 10.1. The van der Waals surface area contributed by atoms with E-state index in [1.165, 1.54) is 0 Å². The van der Waals surface area contributed by atoms with Gasteiger partial charge in [-0.25, -0.2) is 9.78 Å². The summed E-state index contributed by atoms with van der Waals surface area (Å²) in [5.41, 5.74) is 3.42. The van der Waals surface area contributed by atoms with E-state index in [0.717, 1.165) is 21.8 Å². The summed E-state index contributed by atoms with van der Waals surface area (Å²) in [5.74, 6) is -0.903. The van der Waals surface area contributed by atoms with Crippen LogP contribution in [0.5, 0.6) is 0 Å². The van der Waals surface area contributed by atoms with Crippen molar-refractivity contribution in [2.24, 2.45) is 0 Å². The maximum Gasteiger partial charge on any atom is 0.335 e. The fraction of sp³-hybridized carbons (Fsp3) is 0.125. The number of carboxylic acids is 1. The lowest BCUT2D eigenvalue weighted by molar-refractivity contribution is 0.0697. The first kappa shape index (κ1) is 13.7.